The first-order valence-corrected chi connectivity index (χ1v) is 4.53. The number of aryl methyl sites for hydroxylation is 1. The highest BCUT2D eigenvalue weighted by atomic mass is 79.9. The first-order valence-electron chi connectivity index (χ1n) is 4.53. The van der Waals surface area contributed by atoms with Crippen LogP contribution >= 0.6 is 17.0 Å². The second kappa shape index (κ2) is 6.54. The van der Waals surface area contributed by atoms with Crippen LogP contribution in [0.1, 0.15) is 30.1 Å². The van der Waals surface area contributed by atoms with Crippen molar-refractivity contribution < 1.29 is 9.36 Å². The quantitative estimate of drug-likeness (QED) is 0.818. The lowest BCUT2D eigenvalue weighted by Gasteiger charge is -1.96. The number of halogens is 1. The maximum absolute atomic E-state index is 10.8. The molecule has 0 radical (unpaired) electrons. The van der Waals surface area contributed by atoms with Crippen LogP contribution in [0.4, 0.5) is 0 Å². The summed E-state index contributed by atoms with van der Waals surface area (Å²) < 4.78 is 1.99. The van der Waals surface area contributed by atoms with Gasteiger partial charge in [-0.25, -0.2) is 4.57 Å². The van der Waals surface area contributed by atoms with Crippen molar-refractivity contribution in [3.8, 4) is 0 Å². The summed E-state index contributed by atoms with van der Waals surface area (Å²) in [7, 11) is 0. The zero-order valence-electron chi connectivity index (χ0n) is 8.27. The van der Waals surface area contributed by atoms with Gasteiger partial charge >= 0.3 is 0 Å². The Morgan fingerprint density at radius 1 is 1.57 bits per heavy atom. The van der Waals surface area contributed by atoms with Gasteiger partial charge < -0.3 is 5.73 Å². The van der Waals surface area contributed by atoms with Crippen molar-refractivity contribution in [2.75, 3.05) is 0 Å². The molecule has 0 spiro atoms. The lowest BCUT2D eigenvalue weighted by atomic mass is 10.2. The molecule has 4 heteroatoms. The third kappa shape index (κ3) is 3.87. The number of nitrogens with zero attached hydrogens (tertiary/aromatic N) is 1. The van der Waals surface area contributed by atoms with E-state index in [1.807, 2.05) is 16.8 Å². The van der Waals surface area contributed by atoms with Crippen molar-refractivity contribution in [1.82, 2.24) is 0 Å². The third-order valence-electron chi connectivity index (χ3n) is 1.91. The Balaban J connectivity index is 0.00000169. The highest BCUT2D eigenvalue weighted by Crippen LogP contribution is 1.93. The van der Waals surface area contributed by atoms with Crippen LogP contribution < -0.4 is 10.3 Å². The van der Waals surface area contributed by atoms with Gasteiger partial charge in [-0.2, -0.15) is 0 Å². The van der Waals surface area contributed by atoms with E-state index in [0.29, 0.717) is 5.56 Å². The number of rotatable bonds is 4. The number of carbonyl (C=O) groups excluding carboxylic acids is 1. The molecule has 0 aromatic carbocycles. The van der Waals surface area contributed by atoms with E-state index in [-0.39, 0.29) is 22.9 Å². The number of unbranched alkanes of at least 4 members (excludes halogenated alkanes) is 1. The number of nitrogens with two attached hydrogens (primary N) is 1. The van der Waals surface area contributed by atoms with E-state index in [1.54, 1.807) is 12.3 Å². The predicted octanol–water partition coefficient (Wildman–Crippen LogP) is 1.45. The van der Waals surface area contributed by atoms with E-state index in [0.717, 1.165) is 19.4 Å². The molecule has 1 aromatic heterocycles. The highest BCUT2D eigenvalue weighted by molar-refractivity contribution is 8.93. The fourth-order valence-electron chi connectivity index (χ4n) is 1.15. The van der Waals surface area contributed by atoms with Crippen LogP contribution in [0.5, 0.6) is 0 Å². The van der Waals surface area contributed by atoms with Crippen LogP contribution in [-0.2, 0) is 6.54 Å². The molecule has 0 aliphatic heterocycles. The summed E-state index contributed by atoms with van der Waals surface area (Å²) in [5, 5.41) is 0. The molecule has 3 nitrogen and oxygen atoms in total. The van der Waals surface area contributed by atoms with Crippen molar-refractivity contribution in [1.29, 1.82) is 0 Å². The smallest absolute Gasteiger partial charge is 0.254 e. The molecule has 14 heavy (non-hydrogen) atoms. The first-order chi connectivity index (χ1) is 6.24. The number of hydrogen-bond acceptors (Lipinski definition) is 1. The van der Waals surface area contributed by atoms with Gasteiger partial charge in [0.1, 0.15) is 12.1 Å². The normalized spacial score (nSPS) is 9.21. The summed E-state index contributed by atoms with van der Waals surface area (Å²) in [6, 6.07) is 3.57. The zero-order chi connectivity index (χ0) is 9.68. The maximum Gasteiger partial charge on any atom is 0.254 e. The fourth-order valence-corrected chi connectivity index (χ4v) is 1.15. The van der Waals surface area contributed by atoms with Gasteiger partial charge in [0.2, 0.25) is 0 Å². The molecule has 0 saturated heterocycles. The number of carbonyl (C=O) groups is 1. The van der Waals surface area contributed by atoms with Crippen molar-refractivity contribution in [3.63, 3.8) is 0 Å². The molecule has 0 unspecified atom stereocenters. The molecular formula is C10H16BrN2O+. The molecule has 0 aliphatic rings. The number of pyridine rings is 1. The lowest BCUT2D eigenvalue weighted by Crippen LogP contribution is -2.34. The number of aromatic nitrogens is 1. The maximum atomic E-state index is 10.8. The SMILES string of the molecule is Br.CCCC[n+]1cccc(C(N)=O)c1. The van der Waals surface area contributed by atoms with E-state index in [9.17, 15) is 4.79 Å². The molecule has 0 bridgehead atoms. The van der Waals surface area contributed by atoms with E-state index in [2.05, 4.69) is 6.92 Å². The second-order valence-corrected chi connectivity index (χ2v) is 3.05. The Hall–Kier alpha value is -0.900. The molecular weight excluding hydrogens is 244 g/mol. The monoisotopic (exact) mass is 259 g/mol. The minimum atomic E-state index is -0.370. The van der Waals surface area contributed by atoms with Gasteiger partial charge in [0.05, 0.1) is 0 Å². The molecule has 1 rings (SSSR count). The molecule has 0 atom stereocenters. The van der Waals surface area contributed by atoms with Crippen LogP contribution in [0, 0.1) is 0 Å². The molecule has 78 valence electrons. The van der Waals surface area contributed by atoms with Crippen LogP contribution in [0.15, 0.2) is 24.5 Å². The molecule has 1 aromatic rings. The molecule has 0 saturated carbocycles. The predicted molar refractivity (Wildman–Crippen MR) is 60.4 cm³/mol. The standard InChI is InChI=1S/C10H14N2O.BrH/c1-2-3-6-12-7-4-5-9(8-12)10(11)13;/h4-5,7-8H,2-3,6H2,1H3,(H-,11,13);1H/p+1. The minimum absolute atomic E-state index is 0. The molecule has 0 fully saturated rings. The highest BCUT2D eigenvalue weighted by Gasteiger charge is 2.05. The third-order valence-corrected chi connectivity index (χ3v) is 1.91. The van der Waals surface area contributed by atoms with E-state index in [1.165, 1.54) is 0 Å². The minimum Gasteiger partial charge on any atom is -0.365 e. The van der Waals surface area contributed by atoms with Gasteiger partial charge in [-0.3, -0.25) is 4.79 Å². The van der Waals surface area contributed by atoms with Crippen molar-refractivity contribution >= 4 is 22.9 Å². The van der Waals surface area contributed by atoms with Gasteiger partial charge in [0.25, 0.3) is 5.91 Å². The summed E-state index contributed by atoms with van der Waals surface area (Å²) in [5.74, 6) is -0.370. The average Bonchev–Trinajstić information content (AvgIpc) is 2.15. The number of primary amides is 1. The summed E-state index contributed by atoms with van der Waals surface area (Å²) in [6.45, 7) is 3.08. The van der Waals surface area contributed by atoms with Crippen molar-refractivity contribution in [3.05, 3.63) is 30.1 Å². The van der Waals surface area contributed by atoms with Crippen LogP contribution in [0.2, 0.25) is 0 Å². The number of amides is 1. The average molecular weight is 260 g/mol. The van der Waals surface area contributed by atoms with Gasteiger partial charge in [-0.1, -0.05) is 13.3 Å². The van der Waals surface area contributed by atoms with Gasteiger partial charge in [0, 0.05) is 12.5 Å². The second-order valence-electron chi connectivity index (χ2n) is 3.05. The molecule has 1 amide bonds. The Labute approximate surface area is 94.7 Å². The van der Waals surface area contributed by atoms with E-state index >= 15 is 0 Å². The summed E-state index contributed by atoms with van der Waals surface area (Å²) in [5.41, 5.74) is 5.73. The molecule has 1 heterocycles. The van der Waals surface area contributed by atoms with Crippen molar-refractivity contribution in [2.24, 2.45) is 5.73 Å². The Morgan fingerprint density at radius 3 is 2.86 bits per heavy atom. The summed E-state index contributed by atoms with van der Waals surface area (Å²) in [6.07, 6.45) is 6.00. The van der Waals surface area contributed by atoms with Crippen LogP contribution in [0.25, 0.3) is 0 Å². The van der Waals surface area contributed by atoms with E-state index < -0.39 is 0 Å². The summed E-state index contributed by atoms with van der Waals surface area (Å²) in [4.78, 5) is 10.8. The molecule has 0 aliphatic carbocycles. The Bertz CT molecular complexity index is 302. The van der Waals surface area contributed by atoms with Crippen molar-refractivity contribution in [2.45, 2.75) is 26.3 Å². The van der Waals surface area contributed by atoms with Crippen LogP contribution in [0.3, 0.4) is 0 Å². The van der Waals surface area contributed by atoms with Crippen LogP contribution in [-0.4, -0.2) is 5.91 Å². The fraction of sp³-hybridized carbons (Fsp3) is 0.400. The van der Waals surface area contributed by atoms with E-state index in [4.69, 9.17) is 5.73 Å². The van der Waals surface area contributed by atoms with Gasteiger partial charge in [0.15, 0.2) is 12.4 Å². The largest absolute Gasteiger partial charge is 0.365 e. The Morgan fingerprint density at radius 2 is 2.29 bits per heavy atom. The van der Waals surface area contributed by atoms with Gasteiger partial charge in [-0.05, 0) is 6.07 Å². The zero-order valence-corrected chi connectivity index (χ0v) is 9.98. The summed E-state index contributed by atoms with van der Waals surface area (Å²) >= 11 is 0. The topological polar surface area (TPSA) is 47.0 Å². The molecule has 2 N–H and O–H groups in total. The van der Waals surface area contributed by atoms with Gasteiger partial charge in [-0.15, -0.1) is 17.0 Å². The lowest BCUT2D eigenvalue weighted by molar-refractivity contribution is -0.697. The Kier molecular flexibility index (Phi) is 6.12. The number of hydrogen-bond donors (Lipinski definition) is 1. The first kappa shape index (κ1) is 13.1.